The normalized spacial score (nSPS) is 9.83. The molecule has 0 radical (unpaired) electrons. The highest BCUT2D eigenvalue weighted by atomic mass is 16.6. The summed E-state index contributed by atoms with van der Waals surface area (Å²) in [5.74, 6) is -3.38. The Morgan fingerprint density at radius 2 is 1.58 bits per heavy atom. The first kappa shape index (κ1) is 16.5. The number of carbonyl (C=O) groups excluding carboxylic acids is 3. The SMILES string of the molecule is O=C(NNC(=O)c1ccc([N+](=O)[O-])cc1C(=O)[O-])c1ccncc1. The third-order valence-corrected chi connectivity index (χ3v) is 2.91. The van der Waals surface area contributed by atoms with E-state index in [9.17, 15) is 29.6 Å². The number of nitro benzene ring substituents is 1. The van der Waals surface area contributed by atoms with Gasteiger partial charge in [-0.25, -0.2) is 0 Å². The second-order valence-corrected chi connectivity index (χ2v) is 4.42. The number of aromatic nitrogens is 1. The lowest BCUT2D eigenvalue weighted by Crippen LogP contribution is -2.42. The van der Waals surface area contributed by atoms with E-state index in [-0.39, 0.29) is 5.56 Å². The third-order valence-electron chi connectivity index (χ3n) is 2.91. The molecule has 10 heteroatoms. The van der Waals surface area contributed by atoms with Crippen LogP contribution in [0.1, 0.15) is 31.1 Å². The second kappa shape index (κ2) is 6.96. The molecule has 0 fully saturated rings. The van der Waals surface area contributed by atoms with Crippen LogP contribution in [0, 0.1) is 10.1 Å². The maximum Gasteiger partial charge on any atom is 0.270 e. The molecule has 2 aromatic rings. The van der Waals surface area contributed by atoms with E-state index in [4.69, 9.17) is 0 Å². The predicted octanol–water partition coefficient (Wildman–Crippen LogP) is -0.572. The maximum absolute atomic E-state index is 12.0. The van der Waals surface area contributed by atoms with Crippen LogP contribution in [0.4, 0.5) is 5.69 Å². The molecule has 0 aliphatic heterocycles. The molecule has 2 N–H and O–H groups in total. The minimum absolute atomic E-state index is 0.217. The topological polar surface area (TPSA) is 154 Å². The molecule has 122 valence electrons. The van der Waals surface area contributed by atoms with Crippen LogP contribution in [0.2, 0.25) is 0 Å². The number of aromatic carboxylic acids is 1. The van der Waals surface area contributed by atoms with Gasteiger partial charge in [0.15, 0.2) is 0 Å². The lowest BCUT2D eigenvalue weighted by molar-refractivity contribution is -0.385. The van der Waals surface area contributed by atoms with Gasteiger partial charge < -0.3 is 9.90 Å². The average molecular weight is 329 g/mol. The van der Waals surface area contributed by atoms with Crippen LogP contribution in [0.25, 0.3) is 0 Å². The molecule has 24 heavy (non-hydrogen) atoms. The Kier molecular flexibility index (Phi) is 4.80. The third kappa shape index (κ3) is 3.68. The van der Waals surface area contributed by atoms with Crippen molar-refractivity contribution in [3.8, 4) is 0 Å². The number of amides is 2. The number of benzene rings is 1. The number of hydrazine groups is 1. The van der Waals surface area contributed by atoms with Gasteiger partial charge in [0.25, 0.3) is 17.5 Å². The molecule has 0 unspecified atom stereocenters. The van der Waals surface area contributed by atoms with Crippen molar-refractivity contribution in [2.24, 2.45) is 0 Å². The first-order valence-corrected chi connectivity index (χ1v) is 6.40. The summed E-state index contributed by atoms with van der Waals surface area (Å²) in [5, 5.41) is 21.7. The number of nitrogens with zero attached hydrogens (tertiary/aromatic N) is 2. The number of nitrogens with one attached hydrogen (secondary N) is 2. The molecule has 0 spiro atoms. The van der Waals surface area contributed by atoms with Gasteiger partial charge in [0.1, 0.15) is 0 Å². The Morgan fingerprint density at radius 3 is 2.17 bits per heavy atom. The highest BCUT2D eigenvalue weighted by molar-refractivity contribution is 6.05. The number of rotatable bonds is 4. The van der Waals surface area contributed by atoms with E-state index in [0.29, 0.717) is 6.07 Å². The molecular weight excluding hydrogens is 320 g/mol. The van der Waals surface area contributed by atoms with Crippen LogP contribution in [-0.4, -0.2) is 27.7 Å². The van der Waals surface area contributed by atoms with E-state index in [1.807, 2.05) is 5.43 Å². The molecule has 2 amide bonds. The van der Waals surface area contributed by atoms with Gasteiger partial charge in [0.05, 0.1) is 16.5 Å². The second-order valence-electron chi connectivity index (χ2n) is 4.42. The van der Waals surface area contributed by atoms with Crippen molar-refractivity contribution in [1.29, 1.82) is 0 Å². The van der Waals surface area contributed by atoms with Crippen molar-refractivity contribution in [2.45, 2.75) is 0 Å². The molecule has 0 saturated carbocycles. The standard InChI is InChI=1S/C14H10N4O6/c19-12(8-3-5-15-6-4-8)16-17-13(20)10-2-1-9(18(23)24)7-11(10)14(21)22/h1-7H,(H,16,19)(H,17,20)(H,21,22)/p-1. The molecule has 0 atom stereocenters. The molecule has 1 heterocycles. The lowest BCUT2D eigenvalue weighted by atomic mass is 10.1. The first-order chi connectivity index (χ1) is 11.4. The minimum Gasteiger partial charge on any atom is -0.545 e. The minimum atomic E-state index is -1.76. The highest BCUT2D eigenvalue weighted by Gasteiger charge is 2.17. The Hall–Kier alpha value is -3.82. The summed E-state index contributed by atoms with van der Waals surface area (Å²) in [7, 11) is 0. The van der Waals surface area contributed by atoms with Gasteiger partial charge in [0, 0.05) is 35.7 Å². The Balaban J connectivity index is 2.16. The van der Waals surface area contributed by atoms with E-state index in [0.717, 1.165) is 12.1 Å². The van der Waals surface area contributed by atoms with Crippen LogP contribution in [0.15, 0.2) is 42.7 Å². The van der Waals surface area contributed by atoms with Gasteiger partial charge in [-0.2, -0.15) is 0 Å². The molecule has 2 rings (SSSR count). The molecule has 0 saturated heterocycles. The molecule has 0 aliphatic carbocycles. The van der Waals surface area contributed by atoms with Gasteiger partial charge in [-0.15, -0.1) is 0 Å². The van der Waals surface area contributed by atoms with E-state index < -0.39 is 39.5 Å². The molecule has 1 aromatic heterocycles. The van der Waals surface area contributed by atoms with Crippen molar-refractivity contribution in [2.75, 3.05) is 0 Å². The number of hydrogen-bond acceptors (Lipinski definition) is 7. The number of nitro groups is 1. The van der Waals surface area contributed by atoms with Crippen molar-refractivity contribution >= 4 is 23.5 Å². The zero-order valence-electron chi connectivity index (χ0n) is 11.9. The van der Waals surface area contributed by atoms with Crippen LogP contribution in [0.3, 0.4) is 0 Å². The zero-order chi connectivity index (χ0) is 17.7. The Morgan fingerprint density at radius 1 is 0.958 bits per heavy atom. The molecule has 1 aromatic carbocycles. The molecule has 0 aliphatic rings. The lowest BCUT2D eigenvalue weighted by Gasteiger charge is -2.11. The summed E-state index contributed by atoms with van der Waals surface area (Å²) in [6.07, 6.45) is 2.75. The van der Waals surface area contributed by atoms with Gasteiger partial charge in [-0.3, -0.25) is 35.5 Å². The van der Waals surface area contributed by atoms with Crippen LogP contribution >= 0.6 is 0 Å². The first-order valence-electron chi connectivity index (χ1n) is 6.40. The van der Waals surface area contributed by atoms with E-state index in [2.05, 4.69) is 10.4 Å². The van der Waals surface area contributed by atoms with E-state index >= 15 is 0 Å². The average Bonchev–Trinajstić information content (AvgIpc) is 2.59. The monoisotopic (exact) mass is 329 g/mol. The number of carbonyl (C=O) groups is 3. The number of pyridine rings is 1. The van der Waals surface area contributed by atoms with E-state index in [1.54, 1.807) is 0 Å². The van der Waals surface area contributed by atoms with Crippen molar-refractivity contribution in [1.82, 2.24) is 15.8 Å². The summed E-state index contributed by atoms with van der Waals surface area (Å²) in [6.45, 7) is 0. The molecule has 0 bridgehead atoms. The Bertz CT molecular complexity index is 821. The summed E-state index contributed by atoms with van der Waals surface area (Å²) in [4.78, 5) is 48.4. The predicted molar refractivity (Wildman–Crippen MR) is 76.6 cm³/mol. The summed E-state index contributed by atoms with van der Waals surface area (Å²) < 4.78 is 0. The number of non-ortho nitro benzene ring substituents is 1. The molecular formula is C14H9N4O6-. The quantitative estimate of drug-likeness (QED) is 0.562. The number of carboxylic acids is 1. The van der Waals surface area contributed by atoms with Crippen LogP contribution < -0.4 is 16.0 Å². The fourth-order valence-corrected chi connectivity index (χ4v) is 1.77. The van der Waals surface area contributed by atoms with Crippen LogP contribution in [0.5, 0.6) is 0 Å². The van der Waals surface area contributed by atoms with Gasteiger partial charge >= 0.3 is 0 Å². The Labute approximate surface area is 134 Å². The fourth-order valence-electron chi connectivity index (χ4n) is 1.77. The van der Waals surface area contributed by atoms with Crippen molar-refractivity contribution in [3.05, 3.63) is 69.5 Å². The summed E-state index contributed by atoms with van der Waals surface area (Å²) >= 11 is 0. The van der Waals surface area contributed by atoms with Gasteiger partial charge in [-0.1, -0.05) is 0 Å². The van der Waals surface area contributed by atoms with Crippen LogP contribution in [-0.2, 0) is 0 Å². The maximum atomic E-state index is 12.0. The highest BCUT2D eigenvalue weighted by Crippen LogP contribution is 2.17. The van der Waals surface area contributed by atoms with Crippen molar-refractivity contribution in [3.63, 3.8) is 0 Å². The largest absolute Gasteiger partial charge is 0.545 e. The number of hydrogen-bond donors (Lipinski definition) is 2. The summed E-state index contributed by atoms with van der Waals surface area (Å²) in [6, 6.07) is 5.43. The summed E-state index contributed by atoms with van der Waals surface area (Å²) in [5.41, 5.74) is 2.76. The number of carboxylic acid groups (broad SMARTS) is 1. The fraction of sp³-hybridized carbons (Fsp3) is 0. The smallest absolute Gasteiger partial charge is 0.270 e. The van der Waals surface area contributed by atoms with Crippen molar-refractivity contribution < 1.29 is 24.4 Å². The van der Waals surface area contributed by atoms with E-state index in [1.165, 1.54) is 24.5 Å². The van der Waals surface area contributed by atoms with Gasteiger partial charge in [0.2, 0.25) is 0 Å². The zero-order valence-corrected chi connectivity index (χ0v) is 11.9. The van der Waals surface area contributed by atoms with Gasteiger partial charge in [-0.05, 0) is 18.2 Å². The molecule has 10 nitrogen and oxygen atoms in total.